The average molecular weight is 256 g/mol. The van der Waals surface area contributed by atoms with Gasteiger partial charge >= 0.3 is 0 Å². The molecule has 1 aromatic carbocycles. The maximum atomic E-state index is 11.6. The zero-order valence-corrected chi connectivity index (χ0v) is 9.98. The summed E-state index contributed by atoms with van der Waals surface area (Å²) in [5.41, 5.74) is 2.48. The summed E-state index contributed by atoms with van der Waals surface area (Å²) >= 11 is 0. The lowest BCUT2D eigenvalue weighted by molar-refractivity contribution is 0.0952. The molecular weight excluding hydrogens is 244 g/mol. The molecule has 1 amide bonds. The lowest BCUT2D eigenvalue weighted by Gasteiger charge is -2.01. The monoisotopic (exact) mass is 256 g/mol. The number of allylic oxidation sites excluding steroid dienone is 1. The van der Waals surface area contributed by atoms with E-state index in [0.717, 1.165) is 0 Å². The summed E-state index contributed by atoms with van der Waals surface area (Å²) in [6, 6.07) is 9.83. The fourth-order valence-electron chi connectivity index (χ4n) is 1.39. The van der Waals surface area contributed by atoms with Gasteiger partial charge in [0, 0.05) is 6.21 Å². The van der Waals surface area contributed by atoms with Crippen LogP contribution in [0.5, 0.6) is 5.75 Å². The van der Waals surface area contributed by atoms with Gasteiger partial charge in [-0.2, -0.15) is 5.10 Å². The first-order valence-corrected chi connectivity index (χ1v) is 5.59. The SMILES string of the molecule is O=C(N/N=C/C=C/c1ccco1)c1ccccc1O. The van der Waals surface area contributed by atoms with Crippen LogP contribution in [-0.2, 0) is 0 Å². The zero-order valence-electron chi connectivity index (χ0n) is 9.98. The summed E-state index contributed by atoms with van der Waals surface area (Å²) in [6.07, 6.45) is 6.32. The van der Waals surface area contributed by atoms with Crippen LogP contribution < -0.4 is 5.43 Å². The lowest BCUT2D eigenvalue weighted by atomic mass is 10.2. The maximum Gasteiger partial charge on any atom is 0.275 e. The van der Waals surface area contributed by atoms with E-state index in [9.17, 15) is 9.90 Å². The normalized spacial score (nSPS) is 11.2. The van der Waals surface area contributed by atoms with Crippen LogP contribution in [-0.4, -0.2) is 17.2 Å². The molecule has 0 atom stereocenters. The summed E-state index contributed by atoms with van der Waals surface area (Å²) in [7, 11) is 0. The van der Waals surface area contributed by atoms with Crippen molar-refractivity contribution >= 4 is 18.2 Å². The van der Waals surface area contributed by atoms with Crippen molar-refractivity contribution < 1.29 is 14.3 Å². The highest BCUT2D eigenvalue weighted by molar-refractivity contribution is 5.97. The van der Waals surface area contributed by atoms with Gasteiger partial charge in [0.15, 0.2) is 0 Å². The fourth-order valence-corrected chi connectivity index (χ4v) is 1.39. The Bertz CT molecular complexity index is 601. The number of hydrogen-bond donors (Lipinski definition) is 2. The minimum atomic E-state index is -0.472. The van der Waals surface area contributed by atoms with Crippen molar-refractivity contribution in [2.75, 3.05) is 0 Å². The quantitative estimate of drug-likeness (QED) is 0.651. The van der Waals surface area contributed by atoms with Crippen LogP contribution in [0.25, 0.3) is 6.08 Å². The van der Waals surface area contributed by atoms with E-state index in [2.05, 4.69) is 10.5 Å². The molecule has 1 aromatic heterocycles. The van der Waals surface area contributed by atoms with Crippen molar-refractivity contribution in [3.8, 4) is 5.75 Å². The molecule has 0 radical (unpaired) electrons. The van der Waals surface area contributed by atoms with Gasteiger partial charge in [-0.15, -0.1) is 0 Å². The molecule has 19 heavy (non-hydrogen) atoms. The van der Waals surface area contributed by atoms with Gasteiger partial charge in [-0.25, -0.2) is 5.43 Å². The van der Waals surface area contributed by atoms with Crippen molar-refractivity contribution in [2.45, 2.75) is 0 Å². The molecule has 0 aliphatic rings. The van der Waals surface area contributed by atoms with E-state index in [1.165, 1.54) is 18.3 Å². The molecule has 1 heterocycles. The third kappa shape index (κ3) is 3.57. The highest BCUT2D eigenvalue weighted by Crippen LogP contribution is 2.14. The van der Waals surface area contributed by atoms with E-state index in [-0.39, 0.29) is 11.3 Å². The second-order valence-corrected chi connectivity index (χ2v) is 3.61. The lowest BCUT2D eigenvalue weighted by Crippen LogP contribution is -2.17. The Kier molecular flexibility index (Phi) is 4.12. The molecular formula is C14H12N2O3. The van der Waals surface area contributed by atoms with Gasteiger partial charge in [0.2, 0.25) is 0 Å². The van der Waals surface area contributed by atoms with Crippen molar-refractivity contribution in [2.24, 2.45) is 5.10 Å². The Labute approximate surface area is 109 Å². The summed E-state index contributed by atoms with van der Waals surface area (Å²) in [5, 5.41) is 13.2. The van der Waals surface area contributed by atoms with Crippen LogP contribution in [0.4, 0.5) is 0 Å². The van der Waals surface area contributed by atoms with Gasteiger partial charge in [-0.05, 0) is 36.4 Å². The Hall–Kier alpha value is -2.82. The first-order chi connectivity index (χ1) is 9.27. The number of amides is 1. The molecule has 0 bridgehead atoms. The molecule has 96 valence electrons. The Morgan fingerprint density at radius 3 is 2.84 bits per heavy atom. The topological polar surface area (TPSA) is 74.8 Å². The smallest absolute Gasteiger partial charge is 0.275 e. The minimum Gasteiger partial charge on any atom is -0.507 e. The van der Waals surface area contributed by atoms with Crippen molar-refractivity contribution in [1.82, 2.24) is 5.43 Å². The van der Waals surface area contributed by atoms with E-state index in [1.54, 1.807) is 42.7 Å². The molecule has 0 spiro atoms. The first-order valence-electron chi connectivity index (χ1n) is 5.59. The largest absolute Gasteiger partial charge is 0.507 e. The molecule has 0 aliphatic heterocycles. The number of phenols is 1. The number of rotatable bonds is 4. The van der Waals surface area contributed by atoms with Crippen LogP contribution in [0, 0.1) is 0 Å². The summed E-state index contributed by atoms with van der Waals surface area (Å²) in [4.78, 5) is 11.6. The van der Waals surface area contributed by atoms with Gasteiger partial charge in [0.05, 0.1) is 11.8 Å². The van der Waals surface area contributed by atoms with Crippen molar-refractivity contribution in [3.63, 3.8) is 0 Å². The number of benzene rings is 1. The number of carbonyl (C=O) groups is 1. The van der Waals surface area contributed by atoms with Crippen LogP contribution >= 0.6 is 0 Å². The molecule has 0 aliphatic carbocycles. The minimum absolute atomic E-state index is 0.0821. The molecule has 2 rings (SSSR count). The van der Waals surface area contributed by atoms with Gasteiger partial charge < -0.3 is 9.52 Å². The molecule has 0 unspecified atom stereocenters. The van der Waals surface area contributed by atoms with Crippen LogP contribution in [0.2, 0.25) is 0 Å². The number of aromatic hydroxyl groups is 1. The van der Waals surface area contributed by atoms with Crippen LogP contribution in [0.1, 0.15) is 16.1 Å². The first kappa shape index (κ1) is 12.6. The second-order valence-electron chi connectivity index (χ2n) is 3.61. The highest BCUT2D eigenvalue weighted by Gasteiger charge is 2.07. The third-order valence-corrected chi connectivity index (χ3v) is 2.28. The number of phenolic OH excluding ortho intramolecular Hbond substituents is 1. The number of nitrogens with one attached hydrogen (secondary N) is 1. The summed E-state index contributed by atoms with van der Waals surface area (Å²) < 4.78 is 5.08. The molecule has 0 saturated heterocycles. The van der Waals surface area contributed by atoms with Crippen molar-refractivity contribution in [3.05, 3.63) is 60.1 Å². The van der Waals surface area contributed by atoms with Gasteiger partial charge in [0.1, 0.15) is 11.5 Å². The number of carbonyl (C=O) groups excluding carboxylic acids is 1. The highest BCUT2D eigenvalue weighted by atomic mass is 16.3. The second kappa shape index (κ2) is 6.20. The van der Waals surface area contributed by atoms with Gasteiger partial charge in [-0.3, -0.25) is 4.79 Å². The molecule has 5 heteroatoms. The predicted octanol–water partition coefficient (Wildman–Crippen LogP) is 2.41. The fraction of sp³-hybridized carbons (Fsp3) is 0. The van der Waals surface area contributed by atoms with Gasteiger partial charge in [-0.1, -0.05) is 12.1 Å². The number of furan rings is 1. The van der Waals surface area contributed by atoms with Crippen LogP contribution in [0.3, 0.4) is 0 Å². The standard InChI is InChI=1S/C14H12N2O3/c17-13-8-2-1-7-12(13)14(18)16-15-9-3-5-11-6-4-10-19-11/h1-10,17H,(H,16,18)/b5-3+,15-9+. The Balaban J connectivity index is 1.89. The van der Waals surface area contributed by atoms with Crippen LogP contribution in [0.15, 0.2) is 58.3 Å². The number of para-hydroxylation sites is 1. The van der Waals surface area contributed by atoms with E-state index < -0.39 is 5.91 Å². The van der Waals surface area contributed by atoms with E-state index in [4.69, 9.17) is 4.42 Å². The zero-order chi connectivity index (χ0) is 13.5. The number of hydrazone groups is 1. The number of hydrogen-bond acceptors (Lipinski definition) is 4. The number of nitrogens with zero attached hydrogens (tertiary/aromatic N) is 1. The Morgan fingerprint density at radius 1 is 1.26 bits per heavy atom. The molecule has 2 aromatic rings. The summed E-state index contributed by atoms with van der Waals surface area (Å²) in [5.74, 6) is 0.139. The summed E-state index contributed by atoms with van der Waals surface area (Å²) in [6.45, 7) is 0. The molecule has 2 N–H and O–H groups in total. The maximum absolute atomic E-state index is 11.6. The van der Waals surface area contributed by atoms with E-state index in [1.807, 2.05) is 0 Å². The Morgan fingerprint density at radius 2 is 2.11 bits per heavy atom. The third-order valence-electron chi connectivity index (χ3n) is 2.28. The predicted molar refractivity (Wildman–Crippen MR) is 71.8 cm³/mol. The van der Waals surface area contributed by atoms with Crippen molar-refractivity contribution in [1.29, 1.82) is 0 Å². The van der Waals surface area contributed by atoms with Gasteiger partial charge in [0.25, 0.3) is 5.91 Å². The average Bonchev–Trinajstić information content (AvgIpc) is 2.92. The molecule has 0 fully saturated rings. The van der Waals surface area contributed by atoms with E-state index in [0.29, 0.717) is 5.76 Å². The molecule has 5 nitrogen and oxygen atoms in total. The van der Waals surface area contributed by atoms with E-state index >= 15 is 0 Å². The molecule has 0 saturated carbocycles.